The highest BCUT2D eigenvalue weighted by Crippen LogP contribution is 2.30. The van der Waals surface area contributed by atoms with Crippen LogP contribution in [0.1, 0.15) is 12.5 Å². The molecular formula is C19H21FN4O3S. The number of carbonyl (C=O) groups excluding carboxylic acids is 1. The van der Waals surface area contributed by atoms with E-state index in [0.717, 1.165) is 0 Å². The van der Waals surface area contributed by atoms with Crippen molar-refractivity contribution in [2.45, 2.75) is 6.92 Å². The second-order valence-electron chi connectivity index (χ2n) is 5.45. The third-order valence-electron chi connectivity index (χ3n) is 3.41. The zero-order valence-electron chi connectivity index (χ0n) is 15.5. The van der Waals surface area contributed by atoms with Gasteiger partial charge in [0.25, 0.3) is 5.91 Å². The van der Waals surface area contributed by atoms with Gasteiger partial charge in [-0.05, 0) is 55.5 Å². The van der Waals surface area contributed by atoms with E-state index in [0.29, 0.717) is 34.4 Å². The number of thiocarbonyl (C=S) groups is 1. The monoisotopic (exact) mass is 404 g/mol. The largest absolute Gasteiger partial charge is 0.493 e. The van der Waals surface area contributed by atoms with Crippen molar-refractivity contribution in [1.82, 2.24) is 10.7 Å². The summed E-state index contributed by atoms with van der Waals surface area (Å²) in [5.41, 5.74) is 3.75. The summed E-state index contributed by atoms with van der Waals surface area (Å²) >= 11 is 5.04. The van der Waals surface area contributed by atoms with Crippen molar-refractivity contribution in [3.8, 4) is 11.5 Å². The van der Waals surface area contributed by atoms with Gasteiger partial charge in [-0.25, -0.2) is 4.39 Å². The van der Waals surface area contributed by atoms with Crippen LogP contribution in [0.5, 0.6) is 11.5 Å². The predicted octanol–water partition coefficient (Wildman–Crippen LogP) is 2.67. The maximum absolute atomic E-state index is 12.9. The highest BCUT2D eigenvalue weighted by Gasteiger charge is 2.12. The van der Waals surface area contributed by atoms with E-state index in [9.17, 15) is 9.18 Å². The van der Waals surface area contributed by atoms with Gasteiger partial charge in [-0.2, -0.15) is 5.10 Å². The lowest BCUT2D eigenvalue weighted by molar-refractivity contribution is -0.118. The number of amides is 1. The number of nitrogens with zero attached hydrogens (tertiary/aromatic N) is 1. The molecule has 0 saturated heterocycles. The van der Waals surface area contributed by atoms with Gasteiger partial charge in [0.15, 0.2) is 23.2 Å². The van der Waals surface area contributed by atoms with Gasteiger partial charge in [0, 0.05) is 17.8 Å². The van der Waals surface area contributed by atoms with Crippen LogP contribution in [-0.2, 0) is 4.79 Å². The minimum atomic E-state index is -0.396. The normalized spacial score (nSPS) is 10.4. The molecule has 0 heterocycles. The van der Waals surface area contributed by atoms with Crippen molar-refractivity contribution in [2.75, 3.05) is 25.6 Å². The Morgan fingerprint density at radius 1 is 1.25 bits per heavy atom. The van der Waals surface area contributed by atoms with Crippen molar-refractivity contribution in [3.05, 3.63) is 53.8 Å². The van der Waals surface area contributed by atoms with Gasteiger partial charge >= 0.3 is 0 Å². The van der Waals surface area contributed by atoms with E-state index in [1.807, 2.05) is 6.92 Å². The molecule has 0 saturated carbocycles. The van der Waals surface area contributed by atoms with Crippen LogP contribution in [0.4, 0.5) is 10.1 Å². The number of anilines is 1. The molecule has 0 radical (unpaired) electrons. The van der Waals surface area contributed by atoms with Gasteiger partial charge in [-0.1, -0.05) is 6.07 Å². The second-order valence-corrected chi connectivity index (χ2v) is 5.86. The topological polar surface area (TPSA) is 84.0 Å². The van der Waals surface area contributed by atoms with Crippen LogP contribution in [0.2, 0.25) is 0 Å². The summed E-state index contributed by atoms with van der Waals surface area (Å²) in [4.78, 5) is 12.1. The number of hydrogen-bond donors (Lipinski definition) is 3. The summed E-state index contributed by atoms with van der Waals surface area (Å²) in [6, 6.07) is 10.7. The summed E-state index contributed by atoms with van der Waals surface area (Å²) < 4.78 is 23.9. The van der Waals surface area contributed by atoms with Crippen LogP contribution in [0, 0.1) is 5.82 Å². The fourth-order valence-corrected chi connectivity index (χ4v) is 2.38. The van der Waals surface area contributed by atoms with Gasteiger partial charge < -0.3 is 20.1 Å². The molecule has 0 fully saturated rings. The fourth-order valence-electron chi connectivity index (χ4n) is 2.18. The molecule has 2 aromatic carbocycles. The first kappa shape index (κ1) is 21.1. The Labute approximate surface area is 167 Å². The Hall–Kier alpha value is -3.20. The Morgan fingerprint density at radius 3 is 2.68 bits per heavy atom. The Morgan fingerprint density at radius 2 is 2.00 bits per heavy atom. The molecule has 9 heteroatoms. The van der Waals surface area contributed by atoms with E-state index < -0.39 is 5.91 Å². The van der Waals surface area contributed by atoms with Gasteiger partial charge in [0.2, 0.25) is 0 Å². The van der Waals surface area contributed by atoms with Gasteiger partial charge in [0.05, 0.1) is 13.3 Å². The maximum Gasteiger partial charge on any atom is 0.262 e. The first-order valence-electron chi connectivity index (χ1n) is 8.45. The number of carbonyl (C=O) groups is 1. The molecule has 7 nitrogen and oxygen atoms in total. The molecule has 0 bridgehead atoms. The third-order valence-corrected chi connectivity index (χ3v) is 3.65. The van der Waals surface area contributed by atoms with Crippen molar-refractivity contribution >= 4 is 35.1 Å². The molecule has 28 heavy (non-hydrogen) atoms. The van der Waals surface area contributed by atoms with E-state index in [1.165, 1.54) is 37.6 Å². The molecule has 0 atom stereocenters. The zero-order chi connectivity index (χ0) is 20.4. The van der Waals surface area contributed by atoms with Crippen LogP contribution < -0.4 is 25.5 Å². The number of methoxy groups -OCH3 is 1. The number of hydrogen-bond acceptors (Lipinski definition) is 5. The quantitative estimate of drug-likeness (QED) is 0.356. The average molecular weight is 404 g/mol. The minimum absolute atomic E-state index is 0.262. The van der Waals surface area contributed by atoms with Crippen molar-refractivity contribution < 1.29 is 18.7 Å². The lowest BCUT2D eigenvalue weighted by Gasteiger charge is -2.13. The second kappa shape index (κ2) is 10.8. The van der Waals surface area contributed by atoms with Crippen LogP contribution in [-0.4, -0.2) is 37.5 Å². The summed E-state index contributed by atoms with van der Waals surface area (Å²) in [5, 5.41) is 9.98. The maximum atomic E-state index is 12.9. The van der Waals surface area contributed by atoms with E-state index in [1.54, 1.807) is 18.2 Å². The Bertz CT molecular complexity index is 844. The highest BCUT2D eigenvalue weighted by atomic mass is 32.1. The van der Waals surface area contributed by atoms with Crippen LogP contribution in [0.25, 0.3) is 0 Å². The van der Waals surface area contributed by atoms with Crippen molar-refractivity contribution in [2.24, 2.45) is 5.10 Å². The molecule has 0 aliphatic rings. The molecule has 0 aliphatic carbocycles. The molecule has 1 amide bonds. The van der Waals surface area contributed by atoms with E-state index in [4.69, 9.17) is 21.7 Å². The molecule has 3 N–H and O–H groups in total. The SMILES string of the molecule is CCNC(=S)N/N=C\c1cccc(OC)c1OCC(=O)Nc1ccc(F)cc1. The summed E-state index contributed by atoms with van der Waals surface area (Å²) in [7, 11) is 1.50. The number of nitrogens with one attached hydrogen (secondary N) is 3. The lowest BCUT2D eigenvalue weighted by Crippen LogP contribution is -2.31. The summed E-state index contributed by atoms with van der Waals surface area (Å²) in [6.45, 7) is 2.34. The van der Waals surface area contributed by atoms with E-state index in [2.05, 4.69) is 21.2 Å². The number of rotatable bonds is 8. The lowest BCUT2D eigenvalue weighted by atomic mass is 10.2. The first-order valence-corrected chi connectivity index (χ1v) is 8.86. The smallest absolute Gasteiger partial charge is 0.262 e. The first-order chi connectivity index (χ1) is 13.5. The third kappa shape index (κ3) is 6.51. The van der Waals surface area contributed by atoms with E-state index >= 15 is 0 Å². The molecular weight excluding hydrogens is 383 g/mol. The summed E-state index contributed by atoms with van der Waals surface area (Å²) in [5.74, 6) is 0.0354. The predicted molar refractivity (Wildman–Crippen MR) is 111 cm³/mol. The molecule has 0 unspecified atom stereocenters. The zero-order valence-corrected chi connectivity index (χ0v) is 16.3. The summed E-state index contributed by atoms with van der Waals surface area (Å²) in [6.07, 6.45) is 1.51. The molecule has 2 aromatic rings. The number of ether oxygens (including phenoxy) is 2. The van der Waals surface area contributed by atoms with Gasteiger partial charge in [-0.3, -0.25) is 10.2 Å². The molecule has 0 aliphatic heterocycles. The number of hydrazone groups is 1. The van der Waals surface area contributed by atoms with Crippen LogP contribution in [0.15, 0.2) is 47.6 Å². The number of para-hydroxylation sites is 1. The van der Waals surface area contributed by atoms with Crippen molar-refractivity contribution in [1.29, 1.82) is 0 Å². The number of benzene rings is 2. The minimum Gasteiger partial charge on any atom is -0.493 e. The van der Waals surface area contributed by atoms with Crippen LogP contribution in [0.3, 0.4) is 0 Å². The molecule has 148 valence electrons. The number of halogens is 1. The van der Waals surface area contributed by atoms with Crippen LogP contribution >= 0.6 is 12.2 Å². The van der Waals surface area contributed by atoms with Gasteiger partial charge in [0.1, 0.15) is 5.82 Å². The van der Waals surface area contributed by atoms with Crippen molar-refractivity contribution in [3.63, 3.8) is 0 Å². The van der Waals surface area contributed by atoms with Gasteiger partial charge in [-0.15, -0.1) is 0 Å². The fraction of sp³-hybridized carbons (Fsp3) is 0.211. The Balaban J connectivity index is 2.04. The Kier molecular flexibility index (Phi) is 8.16. The standard InChI is InChI=1S/C19H21FN4O3S/c1-3-21-19(28)24-22-11-13-5-4-6-16(26-2)18(13)27-12-17(25)23-15-9-7-14(20)8-10-15/h4-11H,3,12H2,1-2H3,(H,23,25)(H2,21,24,28)/b22-11-. The highest BCUT2D eigenvalue weighted by molar-refractivity contribution is 7.80. The molecule has 0 aromatic heterocycles. The molecule has 0 spiro atoms. The van der Waals surface area contributed by atoms with E-state index in [-0.39, 0.29) is 12.4 Å². The molecule has 2 rings (SSSR count). The average Bonchev–Trinajstić information content (AvgIpc) is 2.68.